The highest BCUT2D eigenvalue weighted by molar-refractivity contribution is 6.31. The van der Waals surface area contributed by atoms with Crippen molar-refractivity contribution in [3.8, 4) is 0 Å². The molecule has 1 saturated heterocycles. The number of halogens is 1. The van der Waals surface area contributed by atoms with Gasteiger partial charge in [-0.15, -0.1) is 0 Å². The number of rotatable bonds is 17. The van der Waals surface area contributed by atoms with Gasteiger partial charge in [-0.3, -0.25) is 48.1 Å². The summed E-state index contributed by atoms with van der Waals surface area (Å²) < 4.78 is 0. The van der Waals surface area contributed by atoms with Gasteiger partial charge in [0.15, 0.2) is 5.96 Å². The second-order valence-corrected chi connectivity index (χ2v) is 20.0. The number of nitrogens with zero attached hydrogens (tertiary/aromatic N) is 2. The molecule has 79 heavy (non-hydrogen) atoms. The van der Waals surface area contributed by atoms with Gasteiger partial charge in [-0.1, -0.05) is 79.9 Å². The summed E-state index contributed by atoms with van der Waals surface area (Å²) in [6.07, 6.45) is 5.45. The molecule has 1 aliphatic heterocycles. The van der Waals surface area contributed by atoms with Crippen LogP contribution in [0.25, 0.3) is 21.7 Å². The van der Waals surface area contributed by atoms with Gasteiger partial charge >= 0.3 is 0 Å². The number of amides is 9. The number of unbranched alkanes of at least 4 members (excludes halogenated alkanes) is 1. The number of primary amides is 1. The van der Waals surface area contributed by atoms with E-state index in [1.165, 1.54) is 19.4 Å². The van der Waals surface area contributed by atoms with Crippen molar-refractivity contribution in [3.05, 3.63) is 101 Å². The van der Waals surface area contributed by atoms with Crippen molar-refractivity contribution in [2.24, 2.45) is 22.2 Å². The molecule has 16 N–H and O–H groups in total. The number of fused-ring (bicyclic) bond motifs is 2. The van der Waals surface area contributed by atoms with Crippen LogP contribution in [0.3, 0.4) is 0 Å². The number of carbonyl (C=O) groups is 9. The Morgan fingerprint density at radius 2 is 1.46 bits per heavy atom. The van der Waals surface area contributed by atoms with E-state index in [4.69, 9.17) is 28.8 Å². The third-order valence-electron chi connectivity index (χ3n) is 13.3. The SMILES string of the molecule is CCCC[C@H](NC(C)=O)C(=O)N[C@H]1CC(=O)NCCCC[C@@H](C(N)=O)NC(=O)[C@H](Cc2c[nH]c3cc(Cl)ccc23)NC(=O)[C@H](CCCN=C(N)N)NC(=O)[C@@H](Cc2ccc3ccccc3c2)NC(=O)[C@H](Cc2cnc[nH]2)NC1=O. The van der Waals surface area contributed by atoms with Crippen molar-refractivity contribution in [1.82, 2.24) is 57.5 Å². The molecule has 0 radical (unpaired) electrons. The lowest BCUT2D eigenvalue weighted by Crippen LogP contribution is -2.61. The predicted molar refractivity (Wildman–Crippen MR) is 296 cm³/mol. The van der Waals surface area contributed by atoms with Crippen LogP contribution >= 0.6 is 11.6 Å². The molecule has 9 amide bonds. The third kappa shape index (κ3) is 18.3. The molecule has 0 spiro atoms. The number of nitrogens with two attached hydrogens (primary N) is 3. The van der Waals surface area contributed by atoms with E-state index < -0.39 is 102 Å². The zero-order chi connectivity index (χ0) is 57.0. The number of aromatic nitrogens is 3. The number of H-pyrrole nitrogens is 2. The molecule has 25 heteroatoms. The number of aliphatic imine (C=N–C) groups is 1. The first-order valence-electron chi connectivity index (χ1n) is 26.3. The quantitative estimate of drug-likeness (QED) is 0.0345. The normalized spacial score (nSPS) is 20.8. The number of benzene rings is 3. The van der Waals surface area contributed by atoms with Crippen LogP contribution in [-0.2, 0) is 62.4 Å². The minimum Gasteiger partial charge on any atom is -0.370 e. The van der Waals surface area contributed by atoms with Crippen molar-refractivity contribution < 1.29 is 43.2 Å². The zero-order valence-electron chi connectivity index (χ0n) is 44.1. The van der Waals surface area contributed by atoms with Crippen molar-refractivity contribution in [3.63, 3.8) is 0 Å². The molecule has 1 fully saturated rings. The van der Waals surface area contributed by atoms with Crippen LogP contribution < -0.4 is 59.7 Å². The van der Waals surface area contributed by atoms with E-state index in [2.05, 4.69) is 62.5 Å². The van der Waals surface area contributed by atoms with E-state index >= 15 is 0 Å². The van der Waals surface area contributed by atoms with E-state index in [0.717, 1.165) is 10.8 Å². The molecular formula is C54H70ClN15O9. The van der Waals surface area contributed by atoms with Gasteiger partial charge in [0.05, 0.1) is 12.7 Å². The number of hydrogen-bond acceptors (Lipinski definition) is 11. The van der Waals surface area contributed by atoms with Crippen molar-refractivity contribution >= 4 is 92.4 Å². The fourth-order valence-corrected chi connectivity index (χ4v) is 9.35. The Kier molecular flexibility index (Phi) is 22.1. The highest BCUT2D eigenvalue weighted by Gasteiger charge is 2.35. The smallest absolute Gasteiger partial charge is 0.243 e. The van der Waals surface area contributed by atoms with Gasteiger partial charge in [0.2, 0.25) is 53.2 Å². The number of guanidine groups is 1. The Bertz CT molecular complexity index is 3000. The second-order valence-electron chi connectivity index (χ2n) is 19.5. The molecule has 0 aliphatic carbocycles. The van der Waals surface area contributed by atoms with E-state index in [0.29, 0.717) is 45.6 Å². The molecular weight excluding hydrogens is 1040 g/mol. The Labute approximate surface area is 461 Å². The predicted octanol–water partition coefficient (Wildman–Crippen LogP) is 0.558. The van der Waals surface area contributed by atoms with Crippen molar-refractivity contribution in [1.29, 1.82) is 0 Å². The highest BCUT2D eigenvalue weighted by atomic mass is 35.5. The molecule has 0 bridgehead atoms. The molecule has 24 nitrogen and oxygen atoms in total. The first-order valence-corrected chi connectivity index (χ1v) is 26.7. The summed E-state index contributed by atoms with van der Waals surface area (Å²) in [6.45, 7) is 3.22. The second kappa shape index (κ2) is 29.3. The zero-order valence-corrected chi connectivity index (χ0v) is 44.9. The average molecular weight is 1110 g/mol. The monoisotopic (exact) mass is 1110 g/mol. The topological polar surface area (TPSA) is 385 Å². The summed E-state index contributed by atoms with van der Waals surface area (Å²) in [6, 6.07) is 8.53. The Hall–Kier alpha value is -8.54. The molecule has 0 saturated carbocycles. The number of hydrogen-bond donors (Lipinski definition) is 13. The minimum absolute atomic E-state index is 0.0212. The summed E-state index contributed by atoms with van der Waals surface area (Å²) in [5.74, 6) is -7.24. The molecule has 7 atom stereocenters. The largest absolute Gasteiger partial charge is 0.370 e. The summed E-state index contributed by atoms with van der Waals surface area (Å²) >= 11 is 6.28. The summed E-state index contributed by atoms with van der Waals surface area (Å²) in [4.78, 5) is 140. The van der Waals surface area contributed by atoms with Gasteiger partial charge in [-0.2, -0.15) is 0 Å². The minimum atomic E-state index is -1.59. The highest BCUT2D eigenvalue weighted by Crippen LogP contribution is 2.24. The molecule has 2 aromatic heterocycles. The van der Waals surface area contributed by atoms with Crippen LogP contribution in [0.5, 0.6) is 0 Å². The standard InChI is InChI=1S/C54H70ClN15O9/c1-3-4-12-39(64-30(2)71)48(74)70-45-26-46(72)60-19-8-7-13-38(47(56)73)65-51(77)43(23-34-27-62-41-24-35(55)17-18-37(34)41)68-49(75)40(14-9-20-61-54(57)58)66-50(76)42(22-31-15-16-32-10-5-6-11-33(32)21-31)67-52(78)44(69-53(45)79)25-36-28-59-29-63-36/h5-6,10-11,15-18,21,24,27-29,38-40,42-45,62H,3-4,7-9,12-14,19-20,22-23,25-26H2,1-2H3,(H2,56,73)(H,59,63)(H,60,72)(H,64,71)(H,65,77)(H,66,76)(H,67,78)(H,68,75)(H,69,79)(H,70,74)(H4,57,58,61)/t38-,39-,40-,42+,43-,44-,45-/m0/s1. The Balaban J connectivity index is 1.41. The number of aromatic amines is 2. The van der Waals surface area contributed by atoms with Crippen LogP contribution in [0.1, 0.15) is 88.5 Å². The fourth-order valence-electron chi connectivity index (χ4n) is 9.18. The van der Waals surface area contributed by atoms with Crippen LogP contribution in [0.15, 0.2) is 84.4 Å². The average Bonchev–Trinajstić information content (AvgIpc) is 4.12. The maximum Gasteiger partial charge on any atom is 0.243 e. The molecule has 3 aromatic carbocycles. The van der Waals surface area contributed by atoms with Crippen molar-refractivity contribution in [2.45, 2.75) is 133 Å². The van der Waals surface area contributed by atoms with Crippen molar-refractivity contribution in [2.75, 3.05) is 13.1 Å². The van der Waals surface area contributed by atoms with Crippen LogP contribution in [-0.4, -0.2) is 129 Å². The molecule has 0 unspecified atom stereocenters. The van der Waals surface area contributed by atoms with E-state index in [1.54, 1.807) is 30.5 Å². The first kappa shape index (κ1) is 59.7. The maximum atomic E-state index is 15.0. The molecule has 422 valence electrons. The lowest BCUT2D eigenvalue weighted by molar-refractivity contribution is -0.136. The lowest BCUT2D eigenvalue weighted by atomic mass is 9.99. The molecule has 6 rings (SSSR count). The maximum absolute atomic E-state index is 15.0. The van der Waals surface area contributed by atoms with Gasteiger partial charge in [0.25, 0.3) is 0 Å². The third-order valence-corrected chi connectivity index (χ3v) is 13.6. The molecule has 3 heterocycles. The number of imidazole rings is 1. The Morgan fingerprint density at radius 3 is 2.15 bits per heavy atom. The summed E-state index contributed by atoms with van der Waals surface area (Å²) in [7, 11) is 0. The summed E-state index contributed by atoms with van der Waals surface area (Å²) in [5.41, 5.74) is 19.3. The van der Waals surface area contributed by atoms with Crippen LogP contribution in [0.4, 0.5) is 0 Å². The van der Waals surface area contributed by atoms with E-state index in [9.17, 15) is 43.2 Å². The molecule has 5 aromatic rings. The number of nitrogens with one attached hydrogen (secondary N) is 10. The van der Waals surface area contributed by atoms with Gasteiger partial charge in [-0.05, 0) is 72.6 Å². The fraction of sp³-hybridized carbons (Fsp3) is 0.426. The van der Waals surface area contributed by atoms with Gasteiger partial charge in [0, 0.05) is 73.3 Å². The van der Waals surface area contributed by atoms with E-state index in [-0.39, 0.29) is 76.8 Å². The first-order chi connectivity index (χ1) is 37.9. The Morgan fingerprint density at radius 1 is 0.772 bits per heavy atom. The van der Waals surface area contributed by atoms with E-state index in [1.807, 2.05) is 43.3 Å². The lowest BCUT2D eigenvalue weighted by Gasteiger charge is -2.28. The summed E-state index contributed by atoms with van der Waals surface area (Å²) in [5, 5.41) is 24.6. The van der Waals surface area contributed by atoms with Gasteiger partial charge < -0.3 is 69.7 Å². The van der Waals surface area contributed by atoms with Gasteiger partial charge in [0.1, 0.15) is 42.3 Å². The van der Waals surface area contributed by atoms with Gasteiger partial charge in [-0.25, -0.2) is 4.98 Å². The van der Waals surface area contributed by atoms with Crippen LogP contribution in [0, 0.1) is 0 Å². The molecule has 1 aliphatic rings. The van der Waals surface area contributed by atoms with Crippen LogP contribution in [0.2, 0.25) is 5.02 Å². The number of carbonyl (C=O) groups excluding carboxylic acids is 9.